The average molecular weight is 197 g/mol. The molecule has 0 aromatic heterocycles. The molecular weight excluding hydrogens is 178 g/mol. The number of rotatable bonds is 1. The van der Waals surface area contributed by atoms with Crippen LogP contribution in [0.4, 0.5) is 4.79 Å². The van der Waals surface area contributed by atoms with E-state index < -0.39 is 0 Å². The molecule has 2 fully saturated rings. The van der Waals surface area contributed by atoms with E-state index in [9.17, 15) is 4.79 Å². The second-order valence-corrected chi connectivity index (χ2v) is 5.57. The van der Waals surface area contributed by atoms with E-state index in [1.165, 1.54) is 6.42 Å². The van der Waals surface area contributed by atoms with Crippen LogP contribution in [-0.4, -0.2) is 17.7 Å². The molecule has 0 aromatic rings. The third kappa shape index (κ3) is 2.40. The lowest BCUT2D eigenvalue weighted by Crippen LogP contribution is -2.38. The van der Waals surface area contributed by atoms with Crippen LogP contribution in [-0.2, 0) is 4.74 Å². The Bertz CT molecular complexity index is 234. The molecule has 0 radical (unpaired) electrons. The first kappa shape index (κ1) is 9.81. The third-order valence-corrected chi connectivity index (χ3v) is 2.96. The zero-order valence-electron chi connectivity index (χ0n) is 9.17. The summed E-state index contributed by atoms with van der Waals surface area (Å²) < 4.78 is 5.20. The van der Waals surface area contributed by atoms with E-state index in [1.807, 2.05) is 20.8 Å². The lowest BCUT2D eigenvalue weighted by atomic mass is 10.1. The molecule has 3 heteroatoms. The summed E-state index contributed by atoms with van der Waals surface area (Å²) in [6.45, 7) is 5.66. The first-order valence-corrected chi connectivity index (χ1v) is 5.43. The zero-order chi connectivity index (χ0) is 10.3. The van der Waals surface area contributed by atoms with Crippen molar-refractivity contribution in [2.24, 2.45) is 11.8 Å². The molecule has 2 aliphatic carbocycles. The quantitative estimate of drug-likeness (QED) is 0.700. The van der Waals surface area contributed by atoms with E-state index in [1.54, 1.807) is 0 Å². The maximum absolute atomic E-state index is 11.4. The SMILES string of the molecule is CC(C)(C)OC(=O)NC1CC2CC2C1. The van der Waals surface area contributed by atoms with Gasteiger partial charge >= 0.3 is 6.09 Å². The number of carbonyl (C=O) groups excluding carboxylic acids is 1. The summed E-state index contributed by atoms with van der Waals surface area (Å²) in [6.07, 6.45) is 3.43. The number of alkyl carbamates (subject to hydrolysis) is 1. The first-order valence-electron chi connectivity index (χ1n) is 5.43. The highest BCUT2D eigenvalue weighted by atomic mass is 16.6. The van der Waals surface area contributed by atoms with Gasteiger partial charge in [0.15, 0.2) is 0 Å². The number of ether oxygens (including phenoxy) is 1. The molecule has 3 nitrogen and oxygen atoms in total. The largest absolute Gasteiger partial charge is 0.444 e. The lowest BCUT2D eigenvalue weighted by Gasteiger charge is -2.22. The summed E-state index contributed by atoms with van der Waals surface area (Å²) in [5, 5.41) is 2.94. The van der Waals surface area contributed by atoms with Gasteiger partial charge in [-0.15, -0.1) is 0 Å². The predicted octanol–water partition coefficient (Wildman–Crippen LogP) is 2.31. The van der Waals surface area contributed by atoms with E-state index in [-0.39, 0.29) is 11.7 Å². The smallest absolute Gasteiger partial charge is 0.407 e. The van der Waals surface area contributed by atoms with Crippen LogP contribution in [0.2, 0.25) is 0 Å². The minimum absolute atomic E-state index is 0.260. The van der Waals surface area contributed by atoms with Crippen LogP contribution < -0.4 is 5.32 Å². The maximum atomic E-state index is 11.4. The van der Waals surface area contributed by atoms with Crippen molar-refractivity contribution in [2.75, 3.05) is 0 Å². The summed E-state index contributed by atoms with van der Waals surface area (Å²) in [5.41, 5.74) is -0.383. The summed E-state index contributed by atoms with van der Waals surface area (Å²) in [7, 11) is 0. The van der Waals surface area contributed by atoms with Crippen LogP contribution in [0.5, 0.6) is 0 Å². The molecule has 2 rings (SSSR count). The highest BCUT2D eigenvalue weighted by Gasteiger charge is 2.46. The van der Waals surface area contributed by atoms with Crippen molar-refractivity contribution in [1.82, 2.24) is 5.32 Å². The second-order valence-electron chi connectivity index (χ2n) is 5.57. The minimum atomic E-state index is -0.383. The van der Waals surface area contributed by atoms with Gasteiger partial charge in [-0.25, -0.2) is 4.79 Å². The summed E-state index contributed by atoms with van der Waals surface area (Å²) >= 11 is 0. The van der Waals surface area contributed by atoms with Gasteiger partial charge in [-0.05, 0) is 51.9 Å². The van der Waals surface area contributed by atoms with Gasteiger partial charge in [0.2, 0.25) is 0 Å². The number of carbonyl (C=O) groups is 1. The van der Waals surface area contributed by atoms with E-state index in [0.29, 0.717) is 6.04 Å². The van der Waals surface area contributed by atoms with Crippen LogP contribution in [0, 0.1) is 11.8 Å². The standard InChI is InChI=1S/C11H19NO2/c1-11(2,3)14-10(13)12-9-5-7-4-8(7)6-9/h7-9H,4-6H2,1-3H3,(H,12,13). The molecule has 80 valence electrons. The second kappa shape index (κ2) is 3.14. The normalized spacial score (nSPS) is 34.9. The molecule has 1 N–H and O–H groups in total. The molecular formula is C11H19NO2. The van der Waals surface area contributed by atoms with Crippen LogP contribution in [0.25, 0.3) is 0 Å². The molecule has 0 saturated heterocycles. The van der Waals surface area contributed by atoms with Crippen LogP contribution in [0.3, 0.4) is 0 Å². The van der Waals surface area contributed by atoms with Gasteiger partial charge < -0.3 is 10.1 Å². The highest BCUT2D eigenvalue weighted by Crippen LogP contribution is 2.51. The fourth-order valence-electron chi connectivity index (χ4n) is 2.31. The Kier molecular flexibility index (Phi) is 2.20. The zero-order valence-corrected chi connectivity index (χ0v) is 9.17. The highest BCUT2D eigenvalue weighted by molar-refractivity contribution is 5.68. The third-order valence-electron chi connectivity index (χ3n) is 2.96. The molecule has 0 spiro atoms. The van der Waals surface area contributed by atoms with Gasteiger partial charge in [0.1, 0.15) is 5.60 Å². The Labute approximate surface area is 85.2 Å². The van der Waals surface area contributed by atoms with Crippen LogP contribution in [0.1, 0.15) is 40.0 Å². The number of hydrogen-bond donors (Lipinski definition) is 1. The number of nitrogens with one attached hydrogen (secondary N) is 1. The topological polar surface area (TPSA) is 38.3 Å². The first-order chi connectivity index (χ1) is 6.44. The Morgan fingerprint density at radius 1 is 1.21 bits per heavy atom. The molecule has 0 heterocycles. The van der Waals surface area contributed by atoms with Crippen molar-refractivity contribution in [3.05, 3.63) is 0 Å². The lowest BCUT2D eigenvalue weighted by molar-refractivity contribution is 0.0502. The molecule has 2 unspecified atom stereocenters. The summed E-state index contributed by atoms with van der Waals surface area (Å²) in [5.74, 6) is 1.80. The van der Waals surface area contributed by atoms with E-state index in [4.69, 9.17) is 4.74 Å². The molecule has 0 bridgehead atoms. The van der Waals surface area contributed by atoms with Crippen molar-refractivity contribution < 1.29 is 9.53 Å². The van der Waals surface area contributed by atoms with Crippen molar-refractivity contribution in [2.45, 2.75) is 51.7 Å². The van der Waals surface area contributed by atoms with E-state index in [0.717, 1.165) is 24.7 Å². The van der Waals surface area contributed by atoms with Crippen LogP contribution in [0.15, 0.2) is 0 Å². The molecule has 14 heavy (non-hydrogen) atoms. The molecule has 0 aromatic carbocycles. The predicted molar refractivity (Wildman–Crippen MR) is 54.0 cm³/mol. The summed E-state index contributed by atoms with van der Waals surface area (Å²) in [4.78, 5) is 11.4. The Hall–Kier alpha value is -0.730. The minimum Gasteiger partial charge on any atom is -0.444 e. The van der Waals surface area contributed by atoms with Gasteiger partial charge in [-0.3, -0.25) is 0 Å². The van der Waals surface area contributed by atoms with Crippen molar-refractivity contribution >= 4 is 6.09 Å². The Morgan fingerprint density at radius 2 is 1.79 bits per heavy atom. The monoisotopic (exact) mass is 197 g/mol. The Morgan fingerprint density at radius 3 is 2.29 bits per heavy atom. The molecule has 1 amide bonds. The number of fused-ring (bicyclic) bond motifs is 1. The fourth-order valence-corrected chi connectivity index (χ4v) is 2.31. The molecule has 2 atom stereocenters. The van der Waals surface area contributed by atoms with E-state index >= 15 is 0 Å². The Balaban J connectivity index is 1.72. The van der Waals surface area contributed by atoms with E-state index in [2.05, 4.69) is 5.32 Å². The summed E-state index contributed by atoms with van der Waals surface area (Å²) in [6, 6.07) is 0.369. The van der Waals surface area contributed by atoms with Gasteiger partial charge in [0, 0.05) is 6.04 Å². The number of amides is 1. The average Bonchev–Trinajstić information content (AvgIpc) is 2.54. The molecule has 2 saturated carbocycles. The van der Waals surface area contributed by atoms with Gasteiger partial charge in [-0.2, -0.15) is 0 Å². The fraction of sp³-hybridized carbons (Fsp3) is 0.909. The van der Waals surface area contributed by atoms with Gasteiger partial charge in [0.05, 0.1) is 0 Å². The number of hydrogen-bond acceptors (Lipinski definition) is 2. The van der Waals surface area contributed by atoms with Crippen molar-refractivity contribution in [3.8, 4) is 0 Å². The maximum Gasteiger partial charge on any atom is 0.407 e. The van der Waals surface area contributed by atoms with Gasteiger partial charge in [0.25, 0.3) is 0 Å². The molecule has 0 aliphatic heterocycles. The van der Waals surface area contributed by atoms with Crippen molar-refractivity contribution in [3.63, 3.8) is 0 Å². The van der Waals surface area contributed by atoms with Crippen molar-refractivity contribution in [1.29, 1.82) is 0 Å². The van der Waals surface area contributed by atoms with Gasteiger partial charge in [-0.1, -0.05) is 0 Å². The van der Waals surface area contributed by atoms with Crippen LogP contribution >= 0.6 is 0 Å². The molecule has 2 aliphatic rings.